The zero-order chi connectivity index (χ0) is 11.0. The van der Waals surface area contributed by atoms with Gasteiger partial charge in [-0.25, -0.2) is 0 Å². The number of fused-ring (bicyclic) bond motifs is 1. The number of benzene rings is 1. The molecule has 0 amide bonds. The Morgan fingerprint density at radius 2 is 1.94 bits per heavy atom. The van der Waals surface area contributed by atoms with Crippen molar-refractivity contribution in [2.45, 2.75) is 44.2 Å². The van der Waals surface area contributed by atoms with Crippen LogP contribution in [0.1, 0.15) is 43.7 Å². The summed E-state index contributed by atoms with van der Waals surface area (Å²) in [5.41, 5.74) is 8.42. The number of hydrogen-bond donors (Lipinski definition) is 1. The molecule has 2 fully saturated rings. The lowest BCUT2D eigenvalue weighted by Crippen LogP contribution is -2.36. The van der Waals surface area contributed by atoms with Crippen LogP contribution in [0.4, 0.5) is 5.69 Å². The van der Waals surface area contributed by atoms with Crippen LogP contribution in [0.2, 0.25) is 0 Å². The molecule has 0 radical (unpaired) electrons. The predicted octanol–water partition coefficient (Wildman–Crippen LogP) is 2.96. The van der Waals surface area contributed by atoms with Gasteiger partial charge in [0.2, 0.25) is 0 Å². The molecule has 2 heteroatoms. The van der Waals surface area contributed by atoms with E-state index in [2.05, 4.69) is 17.0 Å². The summed E-state index contributed by atoms with van der Waals surface area (Å²) < 4.78 is 0. The molecule has 2 N–H and O–H groups in total. The Morgan fingerprint density at radius 1 is 1.06 bits per heavy atom. The highest BCUT2D eigenvalue weighted by Gasteiger charge is 2.35. The summed E-state index contributed by atoms with van der Waals surface area (Å²) >= 11 is 0. The number of nitrogens with zero attached hydrogens (tertiary/aromatic N) is 1. The zero-order valence-electron chi connectivity index (χ0n) is 9.73. The Balaban J connectivity index is 1.88. The highest BCUT2D eigenvalue weighted by atomic mass is 15.2. The van der Waals surface area contributed by atoms with E-state index in [1.807, 2.05) is 12.1 Å². The standard InChI is InChI=1S/C14H20N2/c15-13-7-2-1-6-12(13)14-9-8-11-5-3-4-10-16(11)14/h1-2,6-7,11,14H,3-5,8-10,15H2/t11-,14-/m1/s1. The molecule has 2 saturated heterocycles. The fraction of sp³-hybridized carbons (Fsp3) is 0.571. The molecular formula is C14H20N2. The minimum atomic E-state index is 0.589. The monoisotopic (exact) mass is 216 g/mol. The van der Waals surface area contributed by atoms with Crippen molar-refractivity contribution in [3.8, 4) is 0 Å². The first kappa shape index (κ1) is 10.2. The first-order chi connectivity index (χ1) is 7.86. The molecule has 2 heterocycles. The van der Waals surface area contributed by atoms with Crippen LogP contribution in [0.25, 0.3) is 0 Å². The third-order valence-corrected chi connectivity index (χ3v) is 4.20. The third-order valence-electron chi connectivity index (χ3n) is 4.20. The van der Waals surface area contributed by atoms with Gasteiger partial charge < -0.3 is 5.73 Å². The molecule has 16 heavy (non-hydrogen) atoms. The summed E-state index contributed by atoms with van der Waals surface area (Å²) in [7, 11) is 0. The quantitative estimate of drug-likeness (QED) is 0.731. The van der Waals surface area contributed by atoms with Crippen LogP contribution in [0, 0.1) is 0 Å². The normalized spacial score (nSPS) is 30.2. The fourth-order valence-electron chi connectivity index (χ4n) is 3.41. The Hall–Kier alpha value is -1.02. The number of nitrogens with two attached hydrogens (primary N) is 1. The lowest BCUT2D eigenvalue weighted by molar-refractivity contribution is 0.150. The molecule has 3 rings (SSSR count). The second kappa shape index (κ2) is 4.10. The van der Waals surface area contributed by atoms with Crippen LogP contribution >= 0.6 is 0 Å². The highest BCUT2D eigenvalue weighted by molar-refractivity contribution is 5.48. The van der Waals surface area contributed by atoms with E-state index in [1.54, 1.807) is 0 Å². The van der Waals surface area contributed by atoms with Gasteiger partial charge in [-0.15, -0.1) is 0 Å². The van der Waals surface area contributed by atoms with Crippen LogP contribution in [0.3, 0.4) is 0 Å². The molecule has 0 unspecified atom stereocenters. The average Bonchev–Trinajstić information content (AvgIpc) is 2.74. The molecule has 2 atom stereocenters. The summed E-state index contributed by atoms with van der Waals surface area (Å²) in [6.45, 7) is 1.27. The fourth-order valence-corrected chi connectivity index (χ4v) is 3.41. The van der Waals surface area contributed by atoms with E-state index < -0.39 is 0 Å². The average molecular weight is 216 g/mol. The van der Waals surface area contributed by atoms with Gasteiger partial charge in [0.1, 0.15) is 0 Å². The Kier molecular flexibility index (Phi) is 2.60. The van der Waals surface area contributed by atoms with Crippen LogP contribution in [-0.2, 0) is 0 Å². The molecule has 86 valence electrons. The first-order valence-electron chi connectivity index (χ1n) is 6.46. The van der Waals surface area contributed by atoms with Gasteiger partial charge in [0.15, 0.2) is 0 Å². The van der Waals surface area contributed by atoms with Gasteiger partial charge in [-0.1, -0.05) is 24.6 Å². The second-order valence-electron chi connectivity index (χ2n) is 5.11. The third kappa shape index (κ3) is 1.61. The SMILES string of the molecule is Nc1ccccc1[C@H]1CC[C@H]2CCCCN21. The maximum absolute atomic E-state index is 6.10. The van der Waals surface area contributed by atoms with Crippen molar-refractivity contribution in [3.05, 3.63) is 29.8 Å². The minimum Gasteiger partial charge on any atom is -0.398 e. The minimum absolute atomic E-state index is 0.589. The summed E-state index contributed by atoms with van der Waals surface area (Å²) in [4.78, 5) is 2.69. The first-order valence-corrected chi connectivity index (χ1v) is 6.46. The largest absolute Gasteiger partial charge is 0.398 e. The van der Waals surface area contributed by atoms with Crippen LogP contribution in [0.5, 0.6) is 0 Å². The van der Waals surface area contributed by atoms with Gasteiger partial charge in [0, 0.05) is 17.8 Å². The van der Waals surface area contributed by atoms with E-state index in [9.17, 15) is 0 Å². The molecular weight excluding hydrogens is 196 g/mol. The lowest BCUT2D eigenvalue weighted by Gasteiger charge is -2.34. The number of anilines is 1. The van der Waals surface area contributed by atoms with Gasteiger partial charge in [0.25, 0.3) is 0 Å². The summed E-state index contributed by atoms with van der Waals surface area (Å²) in [5.74, 6) is 0. The molecule has 1 aromatic carbocycles. The summed E-state index contributed by atoms with van der Waals surface area (Å²) in [6.07, 6.45) is 6.82. The molecule has 0 saturated carbocycles. The van der Waals surface area contributed by atoms with Gasteiger partial charge in [-0.05, 0) is 43.9 Å². The topological polar surface area (TPSA) is 29.3 Å². The highest BCUT2D eigenvalue weighted by Crippen LogP contribution is 2.41. The Labute approximate surface area is 97.4 Å². The van der Waals surface area contributed by atoms with Gasteiger partial charge >= 0.3 is 0 Å². The van der Waals surface area contributed by atoms with E-state index >= 15 is 0 Å². The Bertz CT molecular complexity index is 375. The molecule has 0 aromatic heterocycles. The molecule has 1 aromatic rings. The number of rotatable bonds is 1. The van der Waals surface area contributed by atoms with Crippen molar-refractivity contribution in [2.75, 3.05) is 12.3 Å². The molecule has 2 aliphatic heterocycles. The predicted molar refractivity (Wildman–Crippen MR) is 67.2 cm³/mol. The van der Waals surface area contributed by atoms with E-state index in [4.69, 9.17) is 5.73 Å². The van der Waals surface area contributed by atoms with Crippen molar-refractivity contribution in [1.82, 2.24) is 4.90 Å². The van der Waals surface area contributed by atoms with Crippen molar-refractivity contribution in [3.63, 3.8) is 0 Å². The maximum Gasteiger partial charge on any atom is 0.0371 e. The van der Waals surface area contributed by atoms with Crippen molar-refractivity contribution >= 4 is 5.69 Å². The molecule has 0 bridgehead atoms. The van der Waals surface area contributed by atoms with Gasteiger partial charge in [0.05, 0.1) is 0 Å². The second-order valence-corrected chi connectivity index (χ2v) is 5.11. The van der Waals surface area contributed by atoms with E-state index in [0.29, 0.717) is 6.04 Å². The molecule has 2 aliphatic rings. The van der Waals surface area contributed by atoms with Crippen LogP contribution in [0.15, 0.2) is 24.3 Å². The van der Waals surface area contributed by atoms with Crippen LogP contribution in [-0.4, -0.2) is 17.5 Å². The smallest absolute Gasteiger partial charge is 0.0371 e. The van der Waals surface area contributed by atoms with Crippen LogP contribution < -0.4 is 5.73 Å². The van der Waals surface area contributed by atoms with Crippen molar-refractivity contribution in [1.29, 1.82) is 0 Å². The van der Waals surface area contributed by atoms with E-state index in [0.717, 1.165) is 11.7 Å². The van der Waals surface area contributed by atoms with Crippen molar-refractivity contribution in [2.24, 2.45) is 0 Å². The van der Waals surface area contributed by atoms with Gasteiger partial charge in [-0.2, -0.15) is 0 Å². The van der Waals surface area contributed by atoms with Gasteiger partial charge in [-0.3, -0.25) is 4.90 Å². The molecule has 0 spiro atoms. The zero-order valence-corrected chi connectivity index (χ0v) is 9.73. The molecule has 2 nitrogen and oxygen atoms in total. The number of hydrogen-bond acceptors (Lipinski definition) is 2. The number of piperidine rings is 1. The van der Waals surface area contributed by atoms with Crippen molar-refractivity contribution < 1.29 is 0 Å². The Morgan fingerprint density at radius 3 is 2.81 bits per heavy atom. The summed E-state index contributed by atoms with van der Waals surface area (Å²) in [6, 6.07) is 9.80. The van der Waals surface area contributed by atoms with E-state index in [-0.39, 0.29) is 0 Å². The summed E-state index contributed by atoms with van der Waals surface area (Å²) in [5, 5.41) is 0. The lowest BCUT2D eigenvalue weighted by atomic mass is 10.0. The maximum atomic E-state index is 6.10. The number of nitrogen functional groups attached to an aromatic ring is 1. The molecule has 0 aliphatic carbocycles. The van der Waals surface area contributed by atoms with E-state index in [1.165, 1.54) is 44.2 Å². The number of para-hydroxylation sites is 1.